The van der Waals surface area contributed by atoms with Crippen LogP contribution >= 0.6 is 0 Å². The smallest absolute Gasteiger partial charge is 0.228 e. The molecule has 0 radical (unpaired) electrons. The number of carbonyl (C=O) groups excluding carboxylic acids is 1. The van der Waals surface area contributed by atoms with E-state index in [0.717, 1.165) is 38.2 Å². The topological polar surface area (TPSA) is 96.0 Å². The first kappa shape index (κ1) is 16.2. The second-order valence-electron chi connectivity index (χ2n) is 5.74. The van der Waals surface area contributed by atoms with Crippen molar-refractivity contribution in [3.63, 3.8) is 0 Å². The summed E-state index contributed by atoms with van der Waals surface area (Å²) in [4.78, 5) is 30.2. The standard InChI is InChI=1S/C16H22N6O2/c1-24-14-3-7-20-16(21-14)22-10-4-12(5-11-22)15(23)19-6-2-13-17-8-9-18-13/h3,7-9,12H,2,4-6,10-11H2,1H3,(H,17,18)(H,19,23). The van der Waals surface area contributed by atoms with Crippen molar-refractivity contribution in [3.8, 4) is 5.88 Å². The van der Waals surface area contributed by atoms with Crippen molar-refractivity contribution in [2.24, 2.45) is 5.92 Å². The second-order valence-corrected chi connectivity index (χ2v) is 5.74. The first-order valence-electron chi connectivity index (χ1n) is 8.14. The largest absolute Gasteiger partial charge is 0.481 e. The Morgan fingerprint density at radius 2 is 2.21 bits per heavy atom. The summed E-state index contributed by atoms with van der Waals surface area (Å²) in [5.74, 6) is 2.26. The van der Waals surface area contributed by atoms with Crippen LogP contribution in [0.25, 0.3) is 0 Å². The first-order chi connectivity index (χ1) is 11.8. The van der Waals surface area contributed by atoms with E-state index in [1.54, 1.807) is 31.8 Å². The Bertz CT molecular complexity index is 652. The van der Waals surface area contributed by atoms with Crippen molar-refractivity contribution >= 4 is 11.9 Å². The molecule has 2 N–H and O–H groups in total. The van der Waals surface area contributed by atoms with Gasteiger partial charge >= 0.3 is 0 Å². The Balaban J connectivity index is 1.44. The molecule has 0 saturated carbocycles. The lowest BCUT2D eigenvalue weighted by molar-refractivity contribution is -0.125. The summed E-state index contributed by atoms with van der Waals surface area (Å²) in [6.45, 7) is 2.14. The van der Waals surface area contributed by atoms with Crippen LogP contribution in [0.4, 0.5) is 5.95 Å². The Labute approximate surface area is 140 Å². The lowest BCUT2D eigenvalue weighted by atomic mass is 9.96. The number of anilines is 1. The molecule has 8 heteroatoms. The molecule has 3 heterocycles. The zero-order valence-corrected chi connectivity index (χ0v) is 13.7. The van der Waals surface area contributed by atoms with Gasteiger partial charge < -0.3 is 19.9 Å². The van der Waals surface area contributed by atoms with Crippen LogP contribution in [0.1, 0.15) is 18.7 Å². The Hall–Kier alpha value is -2.64. The maximum atomic E-state index is 12.3. The molecule has 1 aliphatic heterocycles. The molecule has 0 spiro atoms. The highest BCUT2D eigenvalue weighted by Crippen LogP contribution is 2.21. The summed E-state index contributed by atoms with van der Waals surface area (Å²) in [6, 6.07) is 1.72. The van der Waals surface area contributed by atoms with E-state index in [1.165, 1.54) is 0 Å². The minimum absolute atomic E-state index is 0.0449. The molecular formula is C16H22N6O2. The van der Waals surface area contributed by atoms with E-state index < -0.39 is 0 Å². The Morgan fingerprint density at radius 3 is 2.92 bits per heavy atom. The minimum atomic E-state index is 0.0449. The number of piperidine rings is 1. The van der Waals surface area contributed by atoms with E-state index in [0.29, 0.717) is 18.4 Å². The highest BCUT2D eigenvalue weighted by Gasteiger charge is 2.26. The summed E-state index contributed by atoms with van der Waals surface area (Å²) in [6.07, 6.45) is 7.51. The minimum Gasteiger partial charge on any atom is -0.481 e. The van der Waals surface area contributed by atoms with Gasteiger partial charge in [-0.05, 0) is 12.8 Å². The summed E-state index contributed by atoms with van der Waals surface area (Å²) in [5, 5.41) is 2.99. The molecular weight excluding hydrogens is 308 g/mol. The molecule has 1 amide bonds. The van der Waals surface area contributed by atoms with Gasteiger partial charge in [-0.3, -0.25) is 4.79 Å². The number of nitrogens with one attached hydrogen (secondary N) is 2. The van der Waals surface area contributed by atoms with Gasteiger partial charge in [0.1, 0.15) is 5.82 Å². The summed E-state index contributed by atoms with van der Waals surface area (Å²) >= 11 is 0. The number of H-pyrrole nitrogens is 1. The third-order valence-corrected chi connectivity index (χ3v) is 4.19. The number of aromatic nitrogens is 4. The third kappa shape index (κ3) is 4.01. The molecule has 128 valence electrons. The maximum Gasteiger partial charge on any atom is 0.228 e. The fourth-order valence-corrected chi connectivity index (χ4v) is 2.82. The Morgan fingerprint density at radius 1 is 1.38 bits per heavy atom. The summed E-state index contributed by atoms with van der Waals surface area (Å²) in [7, 11) is 1.59. The van der Waals surface area contributed by atoms with Crippen LogP contribution in [0.15, 0.2) is 24.7 Å². The van der Waals surface area contributed by atoms with Crippen LogP contribution in [-0.4, -0.2) is 52.6 Å². The number of imidazole rings is 1. The molecule has 3 rings (SSSR count). The van der Waals surface area contributed by atoms with Crippen LogP contribution in [0.5, 0.6) is 5.88 Å². The van der Waals surface area contributed by atoms with Gasteiger partial charge in [0.15, 0.2) is 0 Å². The zero-order valence-electron chi connectivity index (χ0n) is 13.7. The predicted octanol–water partition coefficient (Wildman–Crippen LogP) is 0.784. The number of amides is 1. The van der Waals surface area contributed by atoms with E-state index in [1.807, 2.05) is 0 Å². The number of nitrogens with zero attached hydrogens (tertiary/aromatic N) is 4. The molecule has 0 aliphatic carbocycles. The average Bonchev–Trinajstić information content (AvgIpc) is 3.15. The van der Waals surface area contributed by atoms with Gasteiger partial charge in [0, 0.05) is 56.6 Å². The van der Waals surface area contributed by atoms with Crippen molar-refractivity contribution in [2.45, 2.75) is 19.3 Å². The van der Waals surface area contributed by atoms with Gasteiger partial charge in [0.05, 0.1) is 7.11 Å². The van der Waals surface area contributed by atoms with Crippen molar-refractivity contribution in [1.29, 1.82) is 0 Å². The predicted molar refractivity (Wildman–Crippen MR) is 88.8 cm³/mol. The van der Waals surface area contributed by atoms with Crippen molar-refractivity contribution in [3.05, 3.63) is 30.5 Å². The zero-order chi connectivity index (χ0) is 16.8. The molecule has 0 bridgehead atoms. The number of carbonyl (C=O) groups is 1. The van der Waals surface area contributed by atoms with Gasteiger partial charge in [-0.2, -0.15) is 4.98 Å². The van der Waals surface area contributed by atoms with Crippen LogP contribution in [-0.2, 0) is 11.2 Å². The van der Waals surface area contributed by atoms with Crippen molar-refractivity contribution in [1.82, 2.24) is 25.3 Å². The van der Waals surface area contributed by atoms with Crippen molar-refractivity contribution < 1.29 is 9.53 Å². The van der Waals surface area contributed by atoms with Gasteiger partial charge in [0.2, 0.25) is 17.7 Å². The highest BCUT2D eigenvalue weighted by molar-refractivity contribution is 5.78. The van der Waals surface area contributed by atoms with E-state index in [-0.39, 0.29) is 11.8 Å². The molecule has 2 aromatic rings. The van der Waals surface area contributed by atoms with Crippen LogP contribution < -0.4 is 15.0 Å². The van der Waals surface area contributed by atoms with Crippen LogP contribution in [0.3, 0.4) is 0 Å². The van der Waals surface area contributed by atoms with Crippen molar-refractivity contribution in [2.75, 3.05) is 31.6 Å². The fraction of sp³-hybridized carbons (Fsp3) is 0.500. The lowest BCUT2D eigenvalue weighted by Gasteiger charge is -2.31. The van der Waals surface area contributed by atoms with Gasteiger partial charge in [-0.15, -0.1) is 0 Å². The quantitative estimate of drug-likeness (QED) is 0.813. The monoisotopic (exact) mass is 330 g/mol. The summed E-state index contributed by atoms with van der Waals surface area (Å²) in [5.41, 5.74) is 0. The number of ether oxygens (including phenoxy) is 1. The van der Waals surface area contributed by atoms with E-state index >= 15 is 0 Å². The molecule has 1 fully saturated rings. The molecule has 1 saturated heterocycles. The molecule has 1 aliphatic rings. The van der Waals surface area contributed by atoms with Gasteiger partial charge in [-0.25, -0.2) is 9.97 Å². The van der Waals surface area contributed by atoms with E-state index in [9.17, 15) is 4.79 Å². The van der Waals surface area contributed by atoms with Gasteiger partial charge in [-0.1, -0.05) is 0 Å². The molecule has 0 aromatic carbocycles. The van der Waals surface area contributed by atoms with E-state index in [4.69, 9.17) is 4.74 Å². The number of rotatable bonds is 6. The summed E-state index contributed by atoms with van der Waals surface area (Å²) < 4.78 is 5.13. The number of aromatic amines is 1. The third-order valence-electron chi connectivity index (χ3n) is 4.19. The number of hydrogen-bond donors (Lipinski definition) is 2. The average molecular weight is 330 g/mol. The van der Waals surface area contributed by atoms with Crippen LogP contribution in [0, 0.1) is 5.92 Å². The van der Waals surface area contributed by atoms with E-state index in [2.05, 4.69) is 30.2 Å². The molecule has 24 heavy (non-hydrogen) atoms. The molecule has 8 nitrogen and oxygen atoms in total. The first-order valence-corrected chi connectivity index (χ1v) is 8.14. The molecule has 0 unspecified atom stereocenters. The van der Waals surface area contributed by atoms with Gasteiger partial charge in [0.25, 0.3) is 0 Å². The number of methoxy groups -OCH3 is 1. The van der Waals surface area contributed by atoms with Crippen LogP contribution in [0.2, 0.25) is 0 Å². The second kappa shape index (κ2) is 7.76. The molecule has 2 aromatic heterocycles. The number of hydrogen-bond acceptors (Lipinski definition) is 6. The maximum absolute atomic E-state index is 12.3. The lowest BCUT2D eigenvalue weighted by Crippen LogP contribution is -2.41. The normalized spacial score (nSPS) is 15.3. The highest BCUT2D eigenvalue weighted by atomic mass is 16.5. The Kier molecular flexibility index (Phi) is 5.25. The SMILES string of the molecule is COc1ccnc(N2CCC(C(=O)NCCc3ncc[nH]3)CC2)n1. The fourth-order valence-electron chi connectivity index (χ4n) is 2.82. The molecule has 0 atom stereocenters.